The molecule has 2 atom stereocenters. The molecule has 0 bridgehead atoms. The molecule has 44 heavy (non-hydrogen) atoms. The van der Waals surface area contributed by atoms with Gasteiger partial charge in [0.05, 0.1) is 17.0 Å². The molecule has 0 unspecified atom stereocenters. The average molecular weight is 624 g/mol. The van der Waals surface area contributed by atoms with Crippen LogP contribution in [0.15, 0.2) is 70.0 Å². The number of anilines is 2. The van der Waals surface area contributed by atoms with Gasteiger partial charge >= 0.3 is 0 Å². The van der Waals surface area contributed by atoms with Crippen molar-refractivity contribution in [3.8, 4) is 5.75 Å². The Labute approximate surface area is 258 Å². The van der Waals surface area contributed by atoms with Crippen molar-refractivity contribution in [3.05, 3.63) is 77.4 Å². The predicted octanol–water partition coefficient (Wildman–Crippen LogP) is 3.88. The van der Waals surface area contributed by atoms with E-state index in [4.69, 9.17) is 14.9 Å². The summed E-state index contributed by atoms with van der Waals surface area (Å²) in [5.41, 5.74) is 9.82. The number of benzene rings is 3. The molecular formula is C32H41N5O6S. The van der Waals surface area contributed by atoms with Gasteiger partial charge in [-0.25, -0.2) is 8.42 Å². The van der Waals surface area contributed by atoms with Gasteiger partial charge in [-0.2, -0.15) is 9.29 Å². The second-order valence-electron chi connectivity index (χ2n) is 11.3. The highest BCUT2D eigenvalue weighted by Crippen LogP contribution is 2.27. The smallest absolute Gasteiger partial charge is 0.295 e. The molecule has 12 heteroatoms. The normalized spacial score (nSPS) is 13.3. The van der Waals surface area contributed by atoms with Crippen LogP contribution >= 0.6 is 0 Å². The van der Waals surface area contributed by atoms with Gasteiger partial charge in [0.25, 0.3) is 11.9 Å². The molecule has 4 aromatic rings. The number of nitrogens with two attached hydrogens (primary N) is 1. The monoisotopic (exact) mass is 623 g/mol. The number of fused-ring (bicyclic) bond motifs is 1. The van der Waals surface area contributed by atoms with E-state index in [2.05, 4.69) is 15.6 Å². The fourth-order valence-electron chi connectivity index (χ4n) is 5.08. The van der Waals surface area contributed by atoms with Crippen LogP contribution in [0.5, 0.6) is 5.75 Å². The third-order valence-electron chi connectivity index (χ3n) is 7.11. The topological polar surface area (TPSA) is 160 Å². The Bertz CT molecular complexity index is 1670. The highest BCUT2D eigenvalue weighted by Gasteiger charge is 2.32. The van der Waals surface area contributed by atoms with Crippen LogP contribution in [0.4, 0.5) is 11.7 Å². The first-order chi connectivity index (χ1) is 20.9. The number of nitrogens with one attached hydrogen (secondary N) is 2. The molecule has 0 saturated heterocycles. The third-order valence-corrected chi connectivity index (χ3v) is 8.94. The predicted molar refractivity (Wildman–Crippen MR) is 171 cm³/mol. The van der Waals surface area contributed by atoms with Gasteiger partial charge in [-0.1, -0.05) is 44.2 Å². The molecular weight excluding hydrogens is 582 g/mol. The van der Waals surface area contributed by atoms with E-state index >= 15 is 0 Å². The molecule has 0 spiro atoms. The van der Waals surface area contributed by atoms with E-state index in [9.17, 15) is 18.3 Å². The molecule has 1 heterocycles. The van der Waals surface area contributed by atoms with E-state index < -0.39 is 28.1 Å². The summed E-state index contributed by atoms with van der Waals surface area (Å²) in [4.78, 5) is 17.4. The zero-order valence-corrected chi connectivity index (χ0v) is 26.5. The van der Waals surface area contributed by atoms with Crippen molar-refractivity contribution in [1.82, 2.24) is 14.6 Å². The first-order valence-corrected chi connectivity index (χ1v) is 15.9. The van der Waals surface area contributed by atoms with Gasteiger partial charge in [0.15, 0.2) is 12.2 Å². The van der Waals surface area contributed by atoms with Crippen LogP contribution in [0.1, 0.15) is 30.5 Å². The second-order valence-corrected chi connectivity index (χ2v) is 13.3. The van der Waals surface area contributed by atoms with Crippen molar-refractivity contribution in [2.75, 3.05) is 37.8 Å². The number of carbonyl (C=O) groups excluding carboxylic acids is 1. The number of hydrogen-bond acceptors (Lipinski definition) is 9. The summed E-state index contributed by atoms with van der Waals surface area (Å²) in [6.45, 7) is 7.12. The first-order valence-electron chi connectivity index (χ1n) is 14.5. The molecule has 0 radical (unpaired) electrons. The number of ether oxygens (including phenoxy) is 1. The Morgan fingerprint density at radius 2 is 1.75 bits per heavy atom. The van der Waals surface area contributed by atoms with E-state index in [0.717, 1.165) is 16.7 Å². The van der Waals surface area contributed by atoms with Crippen LogP contribution in [0.2, 0.25) is 0 Å². The summed E-state index contributed by atoms with van der Waals surface area (Å²) in [7, 11) is -2.40. The van der Waals surface area contributed by atoms with Crippen molar-refractivity contribution >= 4 is 38.7 Å². The van der Waals surface area contributed by atoms with Gasteiger partial charge in [-0.3, -0.25) is 4.79 Å². The number of aliphatic hydroxyl groups is 1. The number of carbonyl (C=O) groups is 1. The minimum atomic E-state index is -4.06. The molecule has 4 rings (SSSR count). The number of nitrogens with zero attached hydrogens (tertiary/aromatic N) is 2. The summed E-state index contributed by atoms with van der Waals surface area (Å²) < 4.78 is 40.5. The van der Waals surface area contributed by atoms with E-state index in [1.54, 1.807) is 25.2 Å². The van der Waals surface area contributed by atoms with Gasteiger partial charge in [0.2, 0.25) is 10.0 Å². The van der Waals surface area contributed by atoms with Crippen molar-refractivity contribution < 1.29 is 27.5 Å². The van der Waals surface area contributed by atoms with Gasteiger partial charge in [-0.15, -0.1) is 0 Å². The van der Waals surface area contributed by atoms with Gasteiger partial charge < -0.3 is 30.6 Å². The molecule has 0 aliphatic heterocycles. The third kappa shape index (κ3) is 8.07. The summed E-state index contributed by atoms with van der Waals surface area (Å²) in [6, 6.07) is 16.9. The van der Waals surface area contributed by atoms with Crippen molar-refractivity contribution in [3.63, 3.8) is 0 Å². The second kappa shape index (κ2) is 14.1. The number of aliphatic hydroxyl groups excluding tert-OH is 1. The zero-order valence-electron chi connectivity index (χ0n) is 25.7. The number of sulfonamides is 1. The van der Waals surface area contributed by atoms with E-state index in [-0.39, 0.29) is 42.9 Å². The lowest BCUT2D eigenvalue weighted by Crippen LogP contribution is -2.52. The fourth-order valence-corrected chi connectivity index (χ4v) is 6.72. The van der Waals surface area contributed by atoms with Gasteiger partial charge in [0.1, 0.15) is 11.3 Å². The zero-order chi connectivity index (χ0) is 32.0. The Morgan fingerprint density at radius 3 is 2.39 bits per heavy atom. The lowest BCUT2D eigenvalue weighted by Gasteiger charge is -2.30. The summed E-state index contributed by atoms with van der Waals surface area (Å²) in [5.74, 6) is 0.0769. The maximum absolute atomic E-state index is 13.9. The summed E-state index contributed by atoms with van der Waals surface area (Å²) in [5, 5.41) is 17.2. The molecule has 0 saturated carbocycles. The average Bonchev–Trinajstić information content (AvgIpc) is 3.39. The SMILES string of the molecule is CNc1nc2ccc(S(=O)(=O)N(CC(C)C)C[C@@H](O)[C@H](Cc3ccccc3)NC(=O)COc3c(C)cc(N)cc3C)cc2o1. The Balaban J connectivity index is 1.56. The number of aryl methyl sites for hydroxylation is 2. The number of hydrogen-bond donors (Lipinski definition) is 4. The van der Waals surface area contributed by atoms with E-state index in [1.165, 1.54) is 16.4 Å². The first kappa shape index (κ1) is 32.8. The summed E-state index contributed by atoms with van der Waals surface area (Å²) >= 11 is 0. The highest BCUT2D eigenvalue weighted by atomic mass is 32.2. The molecule has 236 valence electrons. The van der Waals surface area contributed by atoms with Crippen LogP contribution in [0.3, 0.4) is 0 Å². The molecule has 1 aromatic heterocycles. The summed E-state index contributed by atoms with van der Waals surface area (Å²) in [6.07, 6.45) is -0.961. The molecule has 1 amide bonds. The number of aromatic nitrogens is 1. The molecule has 11 nitrogen and oxygen atoms in total. The maximum Gasteiger partial charge on any atom is 0.295 e. The Morgan fingerprint density at radius 1 is 1.07 bits per heavy atom. The van der Waals surface area contributed by atoms with Crippen molar-refractivity contribution in [2.24, 2.45) is 5.92 Å². The van der Waals surface area contributed by atoms with Crippen molar-refractivity contribution in [1.29, 1.82) is 0 Å². The Hall–Kier alpha value is -4.13. The van der Waals surface area contributed by atoms with Crippen LogP contribution in [-0.2, 0) is 21.2 Å². The molecule has 0 fully saturated rings. The minimum Gasteiger partial charge on any atom is -0.483 e. The standard InChI is InChI=1S/C32H41N5O6S/c1-20(2)17-37(44(40,41)25-11-12-26-29(16-25)43-32(34-5)36-26)18-28(38)27(15-23-9-7-6-8-10-23)35-30(39)19-42-31-21(3)13-24(33)14-22(31)4/h6-14,16,20,27-28,38H,15,17-19,33H2,1-5H3,(H,34,36)(H,35,39)/t27-,28+/m0/s1. The largest absolute Gasteiger partial charge is 0.483 e. The number of amides is 1. The number of rotatable bonds is 14. The maximum atomic E-state index is 13.9. The lowest BCUT2D eigenvalue weighted by molar-refractivity contribution is -0.124. The molecule has 0 aliphatic rings. The fraction of sp³-hybridized carbons (Fsp3) is 0.375. The van der Waals surface area contributed by atoms with Crippen molar-refractivity contribution in [2.45, 2.75) is 51.2 Å². The molecule has 3 aromatic carbocycles. The molecule has 0 aliphatic carbocycles. The van der Waals surface area contributed by atoms with Crippen LogP contribution < -0.4 is 21.1 Å². The lowest BCUT2D eigenvalue weighted by atomic mass is 10.0. The number of oxazole rings is 1. The quantitative estimate of drug-likeness (QED) is 0.153. The van der Waals surface area contributed by atoms with Crippen LogP contribution in [0, 0.1) is 19.8 Å². The highest BCUT2D eigenvalue weighted by molar-refractivity contribution is 7.89. The Kier molecular flexibility index (Phi) is 10.5. The number of nitrogen functional groups attached to an aromatic ring is 1. The van der Waals surface area contributed by atoms with Gasteiger partial charge in [0, 0.05) is 31.9 Å². The molecule has 5 N–H and O–H groups in total. The van der Waals surface area contributed by atoms with E-state index in [1.807, 2.05) is 58.0 Å². The van der Waals surface area contributed by atoms with E-state index in [0.29, 0.717) is 22.5 Å². The van der Waals surface area contributed by atoms with Crippen LogP contribution in [0.25, 0.3) is 11.1 Å². The minimum absolute atomic E-state index is 0.0166. The van der Waals surface area contributed by atoms with Crippen LogP contribution in [-0.4, -0.2) is 67.6 Å². The van der Waals surface area contributed by atoms with Gasteiger partial charge in [-0.05, 0) is 67.1 Å².